The SMILES string of the molecule is C=CCO/N=C(\Cn1c(=O)c2cc(CC)sc2n(Cc2ccc(-c3ccccc3-c3noc(=O)[nH]3)cc2)c1=O)c1ccc(OC)cc1. The molecular weight excluding hydrogens is 618 g/mol. The second-order valence-corrected chi connectivity index (χ2v) is 11.7. The number of nitrogens with one attached hydrogen (secondary N) is 1. The van der Waals surface area contributed by atoms with Crippen molar-refractivity contribution in [1.82, 2.24) is 19.3 Å². The molecule has 0 atom stereocenters. The molecule has 3 aromatic heterocycles. The molecule has 11 nitrogen and oxygen atoms in total. The van der Waals surface area contributed by atoms with Gasteiger partial charge in [-0.25, -0.2) is 9.59 Å². The summed E-state index contributed by atoms with van der Waals surface area (Å²) < 4.78 is 12.8. The maximum absolute atomic E-state index is 14.2. The van der Waals surface area contributed by atoms with Gasteiger partial charge in [0.05, 0.1) is 25.6 Å². The van der Waals surface area contributed by atoms with Gasteiger partial charge in [0, 0.05) is 16.0 Å². The van der Waals surface area contributed by atoms with E-state index in [1.807, 2.05) is 61.5 Å². The average Bonchev–Trinajstić information content (AvgIpc) is 3.75. The van der Waals surface area contributed by atoms with Crippen molar-refractivity contribution < 1.29 is 14.1 Å². The number of oxime groups is 1. The predicted molar refractivity (Wildman–Crippen MR) is 183 cm³/mol. The number of aromatic amines is 1. The van der Waals surface area contributed by atoms with Crippen LogP contribution in [0.25, 0.3) is 32.7 Å². The molecule has 3 aromatic carbocycles. The van der Waals surface area contributed by atoms with Gasteiger partial charge in [-0.05, 0) is 53.4 Å². The van der Waals surface area contributed by atoms with Gasteiger partial charge < -0.3 is 9.57 Å². The lowest BCUT2D eigenvalue weighted by Gasteiger charge is -2.14. The van der Waals surface area contributed by atoms with Crippen LogP contribution in [0, 0.1) is 0 Å². The number of hydrogen-bond donors (Lipinski definition) is 1. The first-order valence-electron chi connectivity index (χ1n) is 14.8. The highest BCUT2D eigenvalue weighted by atomic mass is 32.1. The molecule has 0 saturated heterocycles. The third kappa shape index (κ3) is 6.49. The van der Waals surface area contributed by atoms with E-state index in [1.54, 1.807) is 42.0 Å². The van der Waals surface area contributed by atoms with Crippen LogP contribution in [0.3, 0.4) is 0 Å². The lowest BCUT2D eigenvalue weighted by molar-refractivity contribution is 0.174. The van der Waals surface area contributed by atoms with E-state index in [2.05, 4.69) is 21.9 Å². The largest absolute Gasteiger partial charge is 0.497 e. The van der Waals surface area contributed by atoms with Gasteiger partial charge in [0.1, 0.15) is 22.9 Å². The van der Waals surface area contributed by atoms with Crippen molar-refractivity contribution in [3.05, 3.63) is 139 Å². The van der Waals surface area contributed by atoms with Crippen LogP contribution in [-0.4, -0.2) is 38.7 Å². The number of rotatable bonds is 12. The zero-order chi connectivity index (χ0) is 32.9. The summed E-state index contributed by atoms with van der Waals surface area (Å²) in [5.74, 6) is 0.367. The quantitative estimate of drug-likeness (QED) is 0.0806. The Morgan fingerprint density at radius 1 is 1.02 bits per heavy atom. The minimum Gasteiger partial charge on any atom is -0.497 e. The Morgan fingerprint density at radius 2 is 1.77 bits per heavy atom. The Hall–Kier alpha value is -5.75. The number of aromatic nitrogens is 4. The fraction of sp³-hybridized carbons (Fsp3) is 0.171. The van der Waals surface area contributed by atoms with Gasteiger partial charge in [-0.1, -0.05) is 78.4 Å². The molecule has 47 heavy (non-hydrogen) atoms. The summed E-state index contributed by atoms with van der Waals surface area (Å²) >= 11 is 1.44. The molecule has 0 radical (unpaired) electrons. The third-order valence-corrected chi connectivity index (χ3v) is 8.92. The molecule has 0 aliphatic heterocycles. The van der Waals surface area contributed by atoms with Gasteiger partial charge in [0.2, 0.25) is 0 Å². The van der Waals surface area contributed by atoms with Crippen molar-refractivity contribution in [3.8, 4) is 28.3 Å². The highest BCUT2D eigenvalue weighted by Crippen LogP contribution is 2.30. The van der Waals surface area contributed by atoms with E-state index in [1.165, 1.54) is 15.9 Å². The van der Waals surface area contributed by atoms with E-state index in [-0.39, 0.29) is 25.3 Å². The van der Waals surface area contributed by atoms with Gasteiger partial charge in [-0.15, -0.1) is 11.3 Å². The molecule has 238 valence electrons. The molecule has 6 aromatic rings. The van der Waals surface area contributed by atoms with Crippen LogP contribution in [0.1, 0.15) is 22.9 Å². The summed E-state index contributed by atoms with van der Waals surface area (Å²) in [4.78, 5) is 49.2. The topological polar surface area (TPSA) is 134 Å². The number of methoxy groups -OCH3 is 1. The highest BCUT2D eigenvalue weighted by Gasteiger charge is 2.19. The van der Waals surface area contributed by atoms with Crippen LogP contribution in [0.2, 0.25) is 0 Å². The first-order valence-corrected chi connectivity index (χ1v) is 15.7. The zero-order valence-corrected chi connectivity index (χ0v) is 26.6. The lowest BCUT2D eigenvalue weighted by atomic mass is 9.98. The number of nitrogens with zero attached hydrogens (tertiary/aromatic N) is 4. The Bertz CT molecular complexity index is 2260. The van der Waals surface area contributed by atoms with Gasteiger partial charge in [-0.3, -0.25) is 23.4 Å². The average molecular weight is 650 g/mol. The fourth-order valence-electron chi connectivity index (χ4n) is 5.24. The Labute approximate surface area is 272 Å². The van der Waals surface area contributed by atoms with Gasteiger partial charge in [0.25, 0.3) is 5.56 Å². The first kappa shape index (κ1) is 31.2. The smallest absolute Gasteiger partial charge is 0.439 e. The predicted octanol–water partition coefficient (Wildman–Crippen LogP) is 5.46. The molecule has 0 saturated carbocycles. The molecule has 1 N–H and O–H groups in total. The molecule has 0 amide bonds. The summed E-state index contributed by atoms with van der Waals surface area (Å²) in [6.45, 7) is 5.98. The maximum atomic E-state index is 14.2. The molecule has 0 aliphatic rings. The number of thiophene rings is 1. The second-order valence-electron chi connectivity index (χ2n) is 10.6. The van der Waals surface area contributed by atoms with E-state index in [0.717, 1.165) is 28.0 Å². The van der Waals surface area contributed by atoms with E-state index in [4.69, 9.17) is 14.1 Å². The van der Waals surface area contributed by atoms with Crippen molar-refractivity contribution in [3.63, 3.8) is 0 Å². The molecule has 6 rings (SSSR count). The molecular formula is C35H31N5O6S. The van der Waals surface area contributed by atoms with Crippen LogP contribution in [0.4, 0.5) is 0 Å². The number of fused-ring (bicyclic) bond motifs is 1. The Morgan fingerprint density at radius 3 is 2.43 bits per heavy atom. The Kier molecular flexibility index (Phi) is 9.11. The lowest BCUT2D eigenvalue weighted by Crippen LogP contribution is -2.41. The summed E-state index contributed by atoms with van der Waals surface area (Å²) in [5, 5.41) is 8.58. The summed E-state index contributed by atoms with van der Waals surface area (Å²) in [7, 11) is 1.58. The molecule has 12 heteroatoms. The number of benzene rings is 3. The van der Waals surface area contributed by atoms with E-state index < -0.39 is 11.4 Å². The van der Waals surface area contributed by atoms with Crippen LogP contribution in [0.5, 0.6) is 5.75 Å². The molecule has 0 aliphatic carbocycles. The molecule has 0 unspecified atom stereocenters. The van der Waals surface area contributed by atoms with Crippen LogP contribution >= 0.6 is 11.3 Å². The van der Waals surface area contributed by atoms with Crippen molar-refractivity contribution >= 4 is 27.3 Å². The van der Waals surface area contributed by atoms with Crippen molar-refractivity contribution in [1.29, 1.82) is 0 Å². The van der Waals surface area contributed by atoms with E-state index in [9.17, 15) is 14.4 Å². The maximum Gasteiger partial charge on any atom is 0.439 e. The number of ether oxygens (including phenoxy) is 1. The fourth-order valence-corrected chi connectivity index (χ4v) is 6.31. The standard InChI is InChI=1S/C35H31N5O6S/c1-4-18-45-37-30(24-14-16-25(44-3)17-15-24)21-39-32(41)29-19-26(5-2)47-33(29)40(35(39)43)20-22-10-12-23(13-11-22)27-8-6-7-9-28(27)31-36-34(42)46-38-31/h4,6-17,19H,1,5,18,20-21H2,2-3H3,(H,36,38,42)/b37-30+. The van der Waals surface area contributed by atoms with Crippen LogP contribution < -0.4 is 21.7 Å². The molecule has 0 fully saturated rings. The molecule has 0 bridgehead atoms. The molecule has 0 spiro atoms. The second kappa shape index (κ2) is 13.7. The van der Waals surface area contributed by atoms with E-state index >= 15 is 0 Å². The van der Waals surface area contributed by atoms with Crippen LogP contribution in [-0.2, 0) is 24.3 Å². The monoisotopic (exact) mass is 649 g/mol. The minimum atomic E-state index is -0.630. The summed E-state index contributed by atoms with van der Waals surface area (Å²) in [6, 6.07) is 24.3. The molecule has 3 heterocycles. The van der Waals surface area contributed by atoms with Crippen molar-refractivity contribution in [2.75, 3.05) is 13.7 Å². The first-order chi connectivity index (χ1) is 22.9. The highest BCUT2D eigenvalue weighted by molar-refractivity contribution is 7.18. The van der Waals surface area contributed by atoms with E-state index in [0.29, 0.717) is 38.6 Å². The number of H-pyrrole nitrogens is 1. The minimum absolute atomic E-state index is 0.103. The van der Waals surface area contributed by atoms with Gasteiger partial charge >= 0.3 is 11.4 Å². The summed E-state index contributed by atoms with van der Waals surface area (Å²) in [6.07, 6.45) is 2.29. The van der Waals surface area contributed by atoms with Gasteiger partial charge in [-0.2, -0.15) is 0 Å². The number of hydrogen-bond acceptors (Lipinski definition) is 9. The van der Waals surface area contributed by atoms with Crippen molar-refractivity contribution in [2.24, 2.45) is 5.16 Å². The Balaban J connectivity index is 1.39. The zero-order valence-electron chi connectivity index (χ0n) is 25.8. The van der Waals surface area contributed by atoms with Gasteiger partial charge in [0.15, 0.2) is 5.82 Å². The summed E-state index contributed by atoms with van der Waals surface area (Å²) in [5.41, 5.74) is 3.56. The third-order valence-electron chi connectivity index (χ3n) is 7.62. The van der Waals surface area contributed by atoms with Crippen LogP contribution in [0.15, 0.2) is 116 Å². The van der Waals surface area contributed by atoms with Crippen molar-refractivity contribution in [2.45, 2.75) is 26.4 Å². The number of aryl methyl sites for hydroxylation is 1. The normalized spacial score (nSPS) is 11.6.